The average molecular weight is 378 g/mol. The number of rotatable bonds is 4. The highest BCUT2D eigenvalue weighted by Crippen LogP contribution is 2.32. The van der Waals surface area contributed by atoms with Crippen molar-refractivity contribution in [2.45, 2.75) is 19.8 Å². The van der Waals surface area contributed by atoms with Crippen molar-refractivity contribution in [1.82, 2.24) is 5.16 Å². The molecule has 1 atom stereocenters. The molecular weight excluding hydrogens is 356 g/mol. The molecule has 0 bridgehead atoms. The van der Waals surface area contributed by atoms with E-state index in [1.807, 2.05) is 18.2 Å². The first kappa shape index (κ1) is 18.0. The second-order valence-electron chi connectivity index (χ2n) is 7.27. The van der Waals surface area contributed by atoms with E-state index in [1.54, 1.807) is 24.3 Å². The Labute approximate surface area is 162 Å². The molecule has 0 spiro atoms. The van der Waals surface area contributed by atoms with E-state index < -0.39 is 11.8 Å². The Hall–Kier alpha value is -3.35. The van der Waals surface area contributed by atoms with Crippen molar-refractivity contribution < 1.29 is 14.1 Å². The highest BCUT2D eigenvalue weighted by molar-refractivity contribution is 6.11. The minimum Gasteiger partial charge on any atom is -0.370 e. The van der Waals surface area contributed by atoms with Gasteiger partial charge in [0.25, 0.3) is 5.91 Å². The number of amides is 2. The van der Waals surface area contributed by atoms with Crippen LogP contribution < -0.4 is 16.0 Å². The molecule has 1 fully saturated rings. The normalized spacial score (nSPS) is 16.9. The van der Waals surface area contributed by atoms with E-state index in [9.17, 15) is 9.59 Å². The summed E-state index contributed by atoms with van der Waals surface area (Å²) in [6.45, 7) is 4.00. The Balaban J connectivity index is 1.69. The SMILES string of the molecule is CC1CCCN(c2ccc(C(N)=O)cc2NC(=O)c2onc3ccccc23)C1. The third-order valence-electron chi connectivity index (χ3n) is 5.12. The number of primary amides is 1. The van der Waals surface area contributed by atoms with Gasteiger partial charge in [-0.2, -0.15) is 0 Å². The fourth-order valence-corrected chi connectivity index (χ4v) is 3.71. The summed E-state index contributed by atoms with van der Waals surface area (Å²) >= 11 is 0. The zero-order chi connectivity index (χ0) is 19.7. The van der Waals surface area contributed by atoms with Crippen molar-refractivity contribution in [2.75, 3.05) is 23.3 Å². The number of hydrogen-bond donors (Lipinski definition) is 2. The third-order valence-corrected chi connectivity index (χ3v) is 5.12. The van der Waals surface area contributed by atoms with Crippen molar-refractivity contribution in [3.8, 4) is 0 Å². The van der Waals surface area contributed by atoms with Crippen molar-refractivity contribution in [3.05, 3.63) is 53.8 Å². The Morgan fingerprint density at radius 2 is 2.07 bits per heavy atom. The van der Waals surface area contributed by atoms with Gasteiger partial charge in [-0.05, 0) is 49.1 Å². The molecule has 28 heavy (non-hydrogen) atoms. The van der Waals surface area contributed by atoms with Gasteiger partial charge in [-0.15, -0.1) is 0 Å². The molecule has 2 aromatic carbocycles. The van der Waals surface area contributed by atoms with Gasteiger partial charge in [-0.1, -0.05) is 24.2 Å². The van der Waals surface area contributed by atoms with Crippen LogP contribution in [0.15, 0.2) is 47.0 Å². The lowest BCUT2D eigenvalue weighted by Crippen LogP contribution is -2.35. The number of nitrogens with two attached hydrogens (primary N) is 1. The molecule has 1 aliphatic heterocycles. The maximum absolute atomic E-state index is 12.9. The number of anilines is 2. The number of carbonyl (C=O) groups excluding carboxylic acids is 2. The van der Waals surface area contributed by atoms with Crippen molar-refractivity contribution in [1.29, 1.82) is 0 Å². The highest BCUT2D eigenvalue weighted by atomic mass is 16.5. The molecule has 3 aromatic rings. The Kier molecular flexibility index (Phi) is 4.73. The van der Waals surface area contributed by atoms with E-state index in [0.29, 0.717) is 28.1 Å². The first-order valence-electron chi connectivity index (χ1n) is 9.37. The first-order valence-corrected chi connectivity index (χ1v) is 9.37. The van der Waals surface area contributed by atoms with Crippen LogP contribution in [0.3, 0.4) is 0 Å². The van der Waals surface area contributed by atoms with Crippen LogP contribution in [0, 0.1) is 5.92 Å². The summed E-state index contributed by atoms with van der Waals surface area (Å²) in [5.41, 5.74) is 7.80. The van der Waals surface area contributed by atoms with Gasteiger partial charge in [-0.25, -0.2) is 0 Å². The smallest absolute Gasteiger partial charge is 0.294 e. The molecule has 2 amide bonds. The molecule has 144 valence electrons. The summed E-state index contributed by atoms with van der Waals surface area (Å²) in [5.74, 6) is -0.259. The minimum atomic E-state index is -0.542. The fraction of sp³-hybridized carbons (Fsp3) is 0.286. The Bertz CT molecular complexity index is 1040. The number of fused-ring (bicyclic) bond motifs is 1. The van der Waals surface area contributed by atoms with Crippen molar-refractivity contribution in [2.24, 2.45) is 11.7 Å². The quantitative estimate of drug-likeness (QED) is 0.724. The largest absolute Gasteiger partial charge is 0.370 e. The van der Waals surface area contributed by atoms with E-state index in [1.165, 1.54) is 6.42 Å². The van der Waals surface area contributed by atoms with Gasteiger partial charge >= 0.3 is 0 Å². The molecule has 7 nitrogen and oxygen atoms in total. The lowest BCUT2D eigenvalue weighted by Gasteiger charge is -2.34. The van der Waals surface area contributed by atoms with E-state index in [4.69, 9.17) is 10.3 Å². The molecule has 4 rings (SSSR count). The average Bonchev–Trinajstić information content (AvgIpc) is 3.12. The van der Waals surface area contributed by atoms with Gasteiger partial charge in [0, 0.05) is 18.7 Å². The van der Waals surface area contributed by atoms with Gasteiger partial charge in [0.2, 0.25) is 11.7 Å². The van der Waals surface area contributed by atoms with Crippen LogP contribution in [0.25, 0.3) is 10.9 Å². The molecule has 0 saturated carbocycles. The van der Waals surface area contributed by atoms with Gasteiger partial charge in [-0.3, -0.25) is 9.59 Å². The lowest BCUT2D eigenvalue weighted by atomic mass is 9.99. The summed E-state index contributed by atoms with van der Waals surface area (Å²) in [6.07, 6.45) is 2.26. The molecule has 1 aromatic heterocycles. The van der Waals surface area contributed by atoms with E-state index >= 15 is 0 Å². The fourth-order valence-electron chi connectivity index (χ4n) is 3.71. The number of piperidine rings is 1. The third kappa shape index (κ3) is 3.43. The van der Waals surface area contributed by atoms with Crippen LogP contribution in [0.1, 0.15) is 40.7 Å². The van der Waals surface area contributed by atoms with Crippen molar-refractivity contribution >= 4 is 34.1 Å². The number of nitrogens with one attached hydrogen (secondary N) is 1. The summed E-state index contributed by atoms with van der Waals surface area (Å²) in [4.78, 5) is 26.8. The monoisotopic (exact) mass is 378 g/mol. The number of benzene rings is 2. The molecule has 0 aliphatic carbocycles. The molecule has 1 aliphatic rings. The van der Waals surface area contributed by atoms with Crippen molar-refractivity contribution in [3.63, 3.8) is 0 Å². The van der Waals surface area contributed by atoms with E-state index in [2.05, 4.69) is 22.3 Å². The molecule has 1 unspecified atom stereocenters. The van der Waals surface area contributed by atoms with Gasteiger partial charge in [0.15, 0.2) is 0 Å². The second kappa shape index (κ2) is 7.34. The van der Waals surface area contributed by atoms with Crippen LogP contribution in [0.4, 0.5) is 11.4 Å². The number of aromatic nitrogens is 1. The first-order chi connectivity index (χ1) is 13.5. The Morgan fingerprint density at radius 3 is 2.86 bits per heavy atom. The van der Waals surface area contributed by atoms with E-state index in [-0.39, 0.29) is 5.76 Å². The summed E-state index contributed by atoms with van der Waals surface area (Å²) in [7, 11) is 0. The summed E-state index contributed by atoms with van der Waals surface area (Å²) in [6, 6.07) is 12.4. The topological polar surface area (TPSA) is 101 Å². The molecule has 0 radical (unpaired) electrons. The van der Waals surface area contributed by atoms with Crippen LogP contribution in [-0.2, 0) is 0 Å². The summed E-state index contributed by atoms with van der Waals surface area (Å²) in [5, 5.41) is 7.46. The number of nitrogens with zero attached hydrogens (tertiary/aromatic N) is 2. The zero-order valence-corrected chi connectivity index (χ0v) is 15.6. The van der Waals surface area contributed by atoms with E-state index in [0.717, 1.165) is 25.2 Å². The standard InChI is InChI=1S/C21H22N4O3/c1-13-5-4-10-25(12-13)18-9-8-14(20(22)26)11-17(18)23-21(27)19-15-6-2-3-7-16(15)24-28-19/h2-3,6-9,11,13H,4-5,10,12H2,1H3,(H2,22,26)(H,23,27). The lowest BCUT2D eigenvalue weighted by molar-refractivity contribution is 0.0984. The van der Waals surface area contributed by atoms with Crippen LogP contribution in [0.5, 0.6) is 0 Å². The molecule has 7 heteroatoms. The maximum Gasteiger partial charge on any atom is 0.294 e. The molecule has 1 saturated heterocycles. The van der Waals surface area contributed by atoms with Gasteiger partial charge in [0.1, 0.15) is 5.52 Å². The number of carbonyl (C=O) groups is 2. The predicted octanol–water partition coefficient (Wildman–Crippen LogP) is 3.42. The van der Waals surface area contributed by atoms with Crippen LogP contribution >= 0.6 is 0 Å². The second-order valence-corrected chi connectivity index (χ2v) is 7.27. The number of hydrogen-bond acceptors (Lipinski definition) is 5. The molecule has 2 heterocycles. The minimum absolute atomic E-state index is 0.137. The van der Waals surface area contributed by atoms with Crippen LogP contribution in [-0.4, -0.2) is 30.1 Å². The predicted molar refractivity (Wildman–Crippen MR) is 108 cm³/mol. The van der Waals surface area contributed by atoms with Crippen LogP contribution in [0.2, 0.25) is 0 Å². The van der Waals surface area contributed by atoms with Gasteiger partial charge < -0.3 is 20.5 Å². The summed E-state index contributed by atoms with van der Waals surface area (Å²) < 4.78 is 5.26. The molecule has 3 N–H and O–H groups in total. The highest BCUT2D eigenvalue weighted by Gasteiger charge is 2.23. The molecular formula is C21H22N4O3. The maximum atomic E-state index is 12.9. The Morgan fingerprint density at radius 1 is 1.25 bits per heavy atom. The zero-order valence-electron chi connectivity index (χ0n) is 15.6. The van der Waals surface area contributed by atoms with Gasteiger partial charge in [0.05, 0.1) is 16.8 Å².